The summed E-state index contributed by atoms with van der Waals surface area (Å²) in [4.78, 5) is 12.5. The highest BCUT2D eigenvalue weighted by molar-refractivity contribution is 5.81. The largest absolute Gasteiger partial charge is 0.361 e. The van der Waals surface area contributed by atoms with Gasteiger partial charge in [-0.1, -0.05) is 5.16 Å². The predicted molar refractivity (Wildman–Crippen MR) is 74.8 cm³/mol. The molecule has 0 spiro atoms. The highest BCUT2D eigenvalue weighted by Crippen LogP contribution is 2.47. The van der Waals surface area contributed by atoms with Gasteiger partial charge in [-0.2, -0.15) is 0 Å². The molecule has 2 aliphatic carbocycles. The second-order valence-corrected chi connectivity index (χ2v) is 6.40. The van der Waals surface area contributed by atoms with Gasteiger partial charge in [0.1, 0.15) is 5.76 Å². The number of nitrogens with two attached hydrogens (primary N) is 1. The van der Waals surface area contributed by atoms with Crippen LogP contribution >= 0.6 is 0 Å². The molecular weight excluding hydrogens is 254 g/mol. The van der Waals surface area contributed by atoms with Crippen molar-refractivity contribution in [1.82, 2.24) is 10.5 Å². The van der Waals surface area contributed by atoms with Crippen LogP contribution in [-0.2, 0) is 4.79 Å². The third kappa shape index (κ3) is 2.04. The summed E-state index contributed by atoms with van der Waals surface area (Å²) in [5.74, 6) is 1.87. The Morgan fingerprint density at radius 3 is 2.65 bits per heavy atom. The molecule has 0 aromatic carbocycles. The van der Waals surface area contributed by atoms with Crippen molar-refractivity contribution >= 4 is 5.91 Å². The molecule has 1 heterocycles. The highest BCUT2D eigenvalue weighted by Gasteiger charge is 2.49. The van der Waals surface area contributed by atoms with Gasteiger partial charge in [-0.3, -0.25) is 4.79 Å². The lowest BCUT2D eigenvalue weighted by atomic mass is 9.84. The molecule has 1 aromatic heterocycles. The number of nitrogens with zero attached hydrogens (tertiary/aromatic N) is 1. The Kier molecular flexibility index (Phi) is 3.32. The SMILES string of the molecule is Cc1noc(C)c1C(C)NC(=O)C1C2CCC(C2)C1N. The fraction of sp³-hybridized carbons (Fsp3) is 0.733. The van der Waals surface area contributed by atoms with E-state index in [0.29, 0.717) is 11.8 Å². The predicted octanol–water partition coefficient (Wildman–Crippen LogP) is 1.84. The fourth-order valence-electron chi connectivity index (χ4n) is 4.21. The van der Waals surface area contributed by atoms with E-state index >= 15 is 0 Å². The van der Waals surface area contributed by atoms with Crippen LogP contribution in [0.15, 0.2) is 4.52 Å². The van der Waals surface area contributed by atoms with Crippen LogP contribution in [0.1, 0.15) is 49.2 Å². The maximum Gasteiger partial charge on any atom is 0.225 e. The average Bonchev–Trinajstić information content (AvgIpc) is 3.04. The molecule has 5 atom stereocenters. The van der Waals surface area contributed by atoms with Crippen molar-refractivity contribution in [3.63, 3.8) is 0 Å². The van der Waals surface area contributed by atoms with Gasteiger partial charge >= 0.3 is 0 Å². The van der Waals surface area contributed by atoms with Crippen LogP contribution < -0.4 is 11.1 Å². The van der Waals surface area contributed by atoms with Gasteiger partial charge in [0.05, 0.1) is 17.7 Å². The van der Waals surface area contributed by atoms with E-state index in [0.717, 1.165) is 29.9 Å². The summed E-state index contributed by atoms with van der Waals surface area (Å²) in [6.45, 7) is 5.75. The van der Waals surface area contributed by atoms with Crippen LogP contribution in [0.5, 0.6) is 0 Å². The van der Waals surface area contributed by atoms with E-state index in [9.17, 15) is 4.79 Å². The number of aryl methyl sites for hydroxylation is 2. The van der Waals surface area contributed by atoms with Gasteiger partial charge in [-0.25, -0.2) is 0 Å². The van der Waals surface area contributed by atoms with Crippen molar-refractivity contribution in [2.24, 2.45) is 23.5 Å². The molecule has 0 aliphatic heterocycles. The molecule has 0 radical (unpaired) electrons. The van der Waals surface area contributed by atoms with E-state index < -0.39 is 0 Å². The Morgan fingerprint density at radius 2 is 2.10 bits per heavy atom. The topological polar surface area (TPSA) is 81.2 Å². The fourth-order valence-corrected chi connectivity index (χ4v) is 4.21. The summed E-state index contributed by atoms with van der Waals surface area (Å²) in [6.07, 6.45) is 3.46. The number of fused-ring (bicyclic) bond motifs is 2. The second kappa shape index (κ2) is 4.88. The molecule has 5 nitrogen and oxygen atoms in total. The van der Waals surface area contributed by atoms with Gasteiger partial charge in [-0.05, 0) is 51.9 Å². The van der Waals surface area contributed by atoms with Crippen LogP contribution in [0, 0.1) is 31.6 Å². The molecule has 0 saturated heterocycles. The average molecular weight is 277 g/mol. The quantitative estimate of drug-likeness (QED) is 0.883. The van der Waals surface area contributed by atoms with Crippen LogP contribution in [0.3, 0.4) is 0 Å². The smallest absolute Gasteiger partial charge is 0.225 e. The third-order valence-corrected chi connectivity index (χ3v) is 5.16. The Bertz CT molecular complexity index is 504. The Hall–Kier alpha value is -1.36. The van der Waals surface area contributed by atoms with Gasteiger partial charge in [0.15, 0.2) is 0 Å². The normalized spacial score (nSPS) is 33.4. The molecule has 20 heavy (non-hydrogen) atoms. The zero-order valence-corrected chi connectivity index (χ0v) is 12.3. The van der Waals surface area contributed by atoms with Crippen LogP contribution in [-0.4, -0.2) is 17.1 Å². The first-order valence-corrected chi connectivity index (χ1v) is 7.47. The Labute approximate surface area is 119 Å². The van der Waals surface area contributed by atoms with Crippen LogP contribution in [0.4, 0.5) is 0 Å². The minimum atomic E-state index is -0.0833. The number of rotatable bonds is 3. The van der Waals surface area contributed by atoms with E-state index in [1.54, 1.807) is 0 Å². The van der Waals surface area contributed by atoms with Crippen molar-refractivity contribution in [3.05, 3.63) is 17.0 Å². The zero-order valence-electron chi connectivity index (χ0n) is 12.3. The van der Waals surface area contributed by atoms with E-state index in [1.807, 2.05) is 20.8 Å². The minimum Gasteiger partial charge on any atom is -0.361 e. The van der Waals surface area contributed by atoms with E-state index in [4.69, 9.17) is 10.3 Å². The van der Waals surface area contributed by atoms with Gasteiger partial charge in [0, 0.05) is 11.6 Å². The van der Waals surface area contributed by atoms with E-state index in [2.05, 4.69) is 10.5 Å². The summed E-state index contributed by atoms with van der Waals surface area (Å²) in [6, 6.07) is -0.0503. The zero-order chi connectivity index (χ0) is 14.4. The number of aromatic nitrogens is 1. The highest BCUT2D eigenvalue weighted by atomic mass is 16.5. The van der Waals surface area contributed by atoms with Gasteiger partial charge < -0.3 is 15.6 Å². The second-order valence-electron chi connectivity index (χ2n) is 6.40. The van der Waals surface area contributed by atoms with Crippen molar-refractivity contribution < 1.29 is 9.32 Å². The first-order valence-electron chi connectivity index (χ1n) is 7.47. The van der Waals surface area contributed by atoms with E-state index in [-0.39, 0.29) is 23.9 Å². The number of carbonyl (C=O) groups excluding carboxylic acids is 1. The molecular formula is C15H23N3O2. The molecule has 1 aromatic rings. The molecule has 2 aliphatic rings. The molecule has 3 N–H and O–H groups in total. The summed E-state index contributed by atoms with van der Waals surface area (Å²) >= 11 is 0. The monoisotopic (exact) mass is 277 g/mol. The molecule has 2 fully saturated rings. The summed E-state index contributed by atoms with van der Waals surface area (Å²) < 4.78 is 5.17. The summed E-state index contributed by atoms with van der Waals surface area (Å²) in [5, 5.41) is 7.05. The lowest BCUT2D eigenvalue weighted by molar-refractivity contribution is -0.127. The first kappa shape index (κ1) is 13.6. The number of hydrogen-bond donors (Lipinski definition) is 2. The van der Waals surface area contributed by atoms with Gasteiger partial charge in [0.2, 0.25) is 5.91 Å². The molecule has 5 unspecified atom stereocenters. The molecule has 5 heteroatoms. The Balaban J connectivity index is 1.70. The summed E-state index contributed by atoms with van der Waals surface area (Å²) in [5.41, 5.74) is 8.05. The molecule has 2 saturated carbocycles. The number of nitrogens with one attached hydrogen (secondary N) is 1. The summed E-state index contributed by atoms with van der Waals surface area (Å²) in [7, 11) is 0. The molecule has 3 rings (SSSR count). The van der Waals surface area contributed by atoms with Crippen molar-refractivity contribution in [3.8, 4) is 0 Å². The molecule has 2 bridgehead atoms. The first-order chi connectivity index (χ1) is 9.49. The maximum atomic E-state index is 12.5. The lowest BCUT2D eigenvalue weighted by Gasteiger charge is -2.28. The standard InChI is InChI=1S/C15H23N3O2/c1-7(12-8(2)18-20-9(12)3)17-15(19)13-10-4-5-11(6-10)14(13)16/h7,10-11,13-14H,4-6,16H2,1-3H3,(H,17,19). The van der Waals surface area contributed by atoms with Crippen molar-refractivity contribution in [2.45, 2.75) is 52.1 Å². The Morgan fingerprint density at radius 1 is 1.40 bits per heavy atom. The van der Waals surface area contributed by atoms with Crippen LogP contribution in [0.25, 0.3) is 0 Å². The molecule has 1 amide bonds. The number of amides is 1. The lowest BCUT2D eigenvalue weighted by Crippen LogP contribution is -2.45. The van der Waals surface area contributed by atoms with Crippen molar-refractivity contribution in [2.75, 3.05) is 0 Å². The number of hydrogen-bond acceptors (Lipinski definition) is 4. The van der Waals surface area contributed by atoms with Crippen molar-refractivity contribution in [1.29, 1.82) is 0 Å². The van der Waals surface area contributed by atoms with E-state index in [1.165, 1.54) is 6.42 Å². The minimum absolute atomic E-state index is 0.0170. The van der Waals surface area contributed by atoms with Gasteiger partial charge in [-0.15, -0.1) is 0 Å². The molecule has 110 valence electrons. The van der Waals surface area contributed by atoms with Gasteiger partial charge in [0.25, 0.3) is 0 Å². The maximum absolute atomic E-state index is 12.5. The number of carbonyl (C=O) groups is 1. The third-order valence-electron chi connectivity index (χ3n) is 5.16. The van der Waals surface area contributed by atoms with Crippen LogP contribution in [0.2, 0.25) is 0 Å².